The number of benzene rings is 1. The van der Waals surface area contributed by atoms with E-state index in [1.165, 1.54) is 25.7 Å². The van der Waals surface area contributed by atoms with Gasteiger partial charge in [0.15, 0.2) is 0 Å². The van der Waals surface area contributed by atoms with Crippen LogP contribution in [0.1, 0.15) is 84.6 Å². The van der Waals surface area contributed by atoms with Gasteiger partial charge in [-0.1, -0.05) is 51.1 Å². The van der Waals surface area contributed by atoms with Gasteiger partial charge in [-0.15, -0.1) is 0 Å². The summed E-state index contributed by atoms with van der Waals surface area (Å²) in [6.07, 6.45) is 9.00. The van der Waals surface area contributed by atoms with Crippen molar-refractivity contribution in [2.24, 2.45) is 23.7 Å². The molecule has 0 radical (unpaired) electrons. The van der Waals surface area contributed by atoms with Crippen molar-refractivity contribution >= 4 is 0 Å². The first kappa shape index (κ1) is 20.9. The fraction of sp³-hybridized carbons (Fsp3) is 0.760. The highest BCUT2D eigenvalue weighted by Gasteiger charge is 2.37. The fourth-order valence-corrected chi connectivity index (χ4v) is 5.25. The minimum atomic E-state index is -0.625. The second kappa shape index (κ2) is 8.66. The minimum Gasteiger partial charge on any atom is -0.385 e. The lowest BCUT2D eigenvalue weighted by Gasteiger charge is -2.41. The molecule has 3 rings (SSSR count). The molecule has 0 aromatic heterocycles. The summed E-state index contributed by atoms with van der Waals surface area (Å²) in [5, 5.41) is 11.1. The molecule has 2 fully saturated rings. The summed E-state index contributed by atoms with van der Waals surface area (Å²) in [5.41, 5.74) is 0.542. The number of hydrogen-bond donors (Lipinski definition) is 1. The van der Waals surface area contributed by atoms with Crippen LogP contribution in [-0.2, 0) is 10.3 Å². The van der Waals surface area contributed by atoms with Crippen LogP contribution in [0.15, 0.2) is 30.3 Å². The Bertz CT molecular complexity index is 563. The average Bonchev–Trinajstić information content (AvgIpc) is 2.68. The van der Waals surface area contributed by atoms with Gasteiger partial charge in [-0.25, -0.2) is 0 Å². The molecular weight excluding hydrogens is 332 g/mol. The van der Waals surface area contributed by atoms with Gasteiger partial charge in [0.25, 0.3) is 0 Å². The standard InChI is InChI=1S/C25H40O2/c1-19(2)21-10-14-24(4,15-11-21)27-18-20(3)22-12-16-25(26,17-13-22)23-8-6-5-7-9-23/h5-9,19-22,26H,10-18H2,1-4H3. The molecule has 2 heteroatoms. The van der Waals surface area contributed by atoms with E-state index in [1.807, 2.05) is 18.2 Å². The first-order chi connectivity index (χ1) is 12.8. The SMILES string of the molecule is CC(C)C1CCC(C)(OCC(C)C2CCC(O)(c3ccccc3)CC2)CC1. The maximum absolute atomic E-state index is 11.1. The van der Waals surface area contributed by atoms with E-state index >= 15 is 0 Å². The monoisotopic (exact) mass is 372 g/mol. The third-order valence-corrected chi connectivity index (χ3v) is 7.70. The third kappa shape index (κ3) is 5.15. The van der Waals surface area contributed by atoms with Crippen molar-refractivity contribution in [1.82, 2.24) is 0 Å². The van der Waals surface area contributed by atoms with Crippen LogP contribution in [0, 0.1) is 23.7 Å². The molecule has 0 spiro atoms. The molecule has 0 heterocycles. The number of hydrogen-bond acceptors (Lipinski definition) is 2. The van der Waals surface area contributed by atoms with E-state index in [0.29, 0.717) is 11.8 Å². The third-order valence-electron chi connectivity index (χ3n) is 7.70. The largest absolute Gasteiger partial charge is 0.385 e. The second-order valence-electron chi connectivity index (χ2n) is 10.1. The van der Waals surface area contributed by atoms with Crippen molar-refractivity contribution in [3.63, 3.8) is 0 Å². The summed E-state index contributed by atoms with van der Waals surface area (Å²) in [6, 6.07) is 10.2. The quantitative estimate of drug-likeness (QED) is 0.633. The predicted molar refractivity (Wildman–Crippen MR) is 113 cm³/mol. The van der Waals surface area contributed by atoms with Crippen molar-refractivity contribution in [2.75, 3.05) is 6.61 Å². The highest BCUT2D eigenvalue weighted by atomic mass is 16.5. The molecule has 0 bridgehead atoms. The first-order valence-corrected chi connectivity index (χ1v) is 11.2. The Hall–Kier alpha value is -0.860. The van der Waals surface area contributed by atoms with Gasteiger partial charge in [0.1, 0.15) is 0 Å². The maximum Gasteiger partial charge on any atom is 0.0896 e. The van der Waals surface area contributed by atoms with Crippen LogP contribution in [-0.4, -0.2) is 17.3 Å². The van der Waals surface area contributed by atoms with Crippen LogP contribution in [0.2, 0.25) is 0 Å². The zero-order valence-corrected chi connectivity index (χ0v) is 17.9. The lowest BCUT2D eigenvalue weighted by molar-refractivity contribution is -0.0920. The number of rotatable bonds is 6. The Balaban J connectivity index is 1.45. The van der Waals surface area contributed by atoms with Gasteiger partial charge in [-0.3, -0.25) is 0 Å². The van der Waals surface area contributed by atoms with E-state index in [4.69, 9.17) is 4.74 Å². The van der Waals surface area contributed by atoms with Crippen LogP contribution >= 0.6 is 0 Å². The Labute approximate surface area is 166 Å². The molecule has 152 valence electrons. The maximum atomic E-state index is 11.1. The number of ether oxygens (including phenoxy) is 1. The van der Waals surface area contributed by atoms with Crippen molar-refractivity contribution < 1.29 is 9.84 Å². The molecule has 1 aromatic carbocycles. The van der Waals surface area contributed by atoms with Crippen molar-refractivity contribution in [2.45, 2.75) is 90.3 Å². The lowest BCUT2D eigenvalue weighted by Crippen LogP contribution is -2.38. The van der Waals surface area contributed by atoms with E-state index < -0.39 is 5.60 Å². The molecule has 1 atom stereocenters. The summed E-state index contributed by atoms with van der Waals surface area (Å²) in [7, 11) is 0. The predicted octanol–water partition coefficient (Wildman–Crippen LogP) is 6.32. The number of aliphatic hydroxyl groups is 1. The molecule has 0 saturated heterocycles. The fourth-order valence-electron chi connectivity index (χ4n) is 5.25. The van der Waals surface area contributed by atoms with Crippen LogP contribution in [0.4, 0.5) is 0 Å². The van der Waals surface area contributed by atoms with Gasteiger partial charge in [-0.2, -0.15) is 0 Å². The minimum absolute atomic E-state index is 0.0824. The summed E-state index contributed by atoms with van der Waals surface area (Å²) in [5.74, 6) is 2.93. The summed E-state index contributed by atoms with van der Waals surface area (Å²) < 4.78 is 6.49. The van der Waals surface area contributed by atoms with Crippen LogP contribution < -0.4 is 0 Å². The highest BCUT2D eigenvalue weighted by molar-refractivity contribution is 5.22. The normalized spacial score (nSPS) is 35.9. The van der Waals surface area contributed by atoms with Crippen LogP contribution in [0.3, 0.4) is 0 Å². The Morgan fingerprint density at radius 1 is 0.926 bits per heavy atom. The van der Waals surface area contributed by atoms with E-state index in [0.717, 1.165) is 49.7 Å². The van der Waals surface area contributed by atoms with E-state index in [1.54, 1.807) is 0 Å². The van der Waals surface area contributed by atoms with E-state index in [-0.39, 0.29) is 5.60 Å². The molecule has 0 aliphatic heterocycles. The van der Waals surface area contributed by atoms with E-state index in [9.17, 15) is 5.11 Å². The molecule has 2 nitrogen and oxygen atoms in total. The molecule has 27 heavy (non-hydrogen) atoms. The van der Waals surface area contributed by atoms with Gasteiger partial charge in [-0.05, 0) is 87.5 Å². The molecule has 1 unspecified atom stereocenters. The zero-order valence-electron chi connectivity index (χ0n) is 17.9. The molecular formula is C25H40O2. The molecule has 2 aliphatic carbocycles. The molecule has 2 aliphatic rings. The summed E-state index contributed by atoms with van der Waals surface area (Å²) >= 11 is 0. The average molecular weight is 373 g/mol. The van der Waals surface area contributed by atoms with Gasteiger partial charge in [0, 0.05) is 0 Å². The smallest absolute Gasteiger partial charge is 0.0896 e. The van der Waals surface area contributed by atoms with Crippen molar-refractivity contribution in [3.8, 4) is 0 Å². The summed E-state index contributed by atoms with van der Waals surface area (Å²) in [4.78, 5) is 0. The Kier molecular flexibility index (Phi) is 6.69. The summed E-state index contributed by atoms with van der Waals surface area (Å²) in [6.45, 7) is 10.3. The second-order valence-corrected chi connectivity index (χ2v) is 10.1. The molecule has 0 amide bonds. The van der Waals surface area contributed by atoms with Gasteiger partial charge in [0.2, 0.25) is 0 Å². The van der Waals surface area contributed by atoms with E-state index in [2.05, 4.69) is 39.8 Å². The molecule has 2 saturated carbocycles. The van der Waals surface area contributed by atoms with Crippen LogP contribution in [0.25, 0.3) is 0 Å². The highest BCUT2D eigenvalue weighted by Crippen LogP contribution is 2.43. The lowest BCUT2D eigenvalue weighted by atomic mass is 9.71. The van der Waals surface area contributed by atoms with Gasteiger partial charge < -0.3 is 9.84 Å². The Morgan fingerprint density at radius 3 is 2.04 bits per heavy atom. The molecule has 1 aromatic rings. The van der Waals surface area contributed by atoms with Crippen molar-refractivity contribution in [3.05, 3.63) is 35.9 Å². The van der Waals surface area contributed by atoms with Crippen molar-refractivity contribution in [1.29, 1.82) is 0 Å². The first-order valence-electron chi connectivity index (χ1n) is 11.2. The Morgan fingerprint density at radius 2 is 1.48 bits per heavy atom. The topological polar surface area (TPSA) is 29.5 Å². The van der Waals surface area contributed by atoms with Gasteiger partial charge >= 0.3 is 0 Å². The van der Waals surface area contributed by atoms with Crippen LogP contribution in [0.5, 0.6) is 0 Å². The zero-order chi connectivity index (χ0) is 19.5. The molecule has 1 N–H and O–H groups in total. The van der Waals surface area contributed by atoms with Gasteiger partial charge in [0.05, 0.1) is 17.8 Å².